The summed E-state index contributed by atoms with van der Waals surface area (Å²) in [7, 11) is 0. The molecule has 0 aromatic heterocycles. The first-order valence-corrected chi connectivity index (χ1v) is 6.34. The second-order valence-corrected chi connectivity index (χ2v) is 4.50. The van der Waals surface area contributed by atoms with E-state index in [1.54, 1.807) is 0 Å². The SMILES string of the molecule is N/C1=C/CCCCCCCCCCC1. The first-order valence-electron chi connectivity index (χ1n) is 6.34. The molecule has 0 aliphatic heterocycles. The summed E-state index contributed by atoms with van der Waals surface area (Å²) in [6, 6.07) is 0. The Morgan fingerprint density at radius 1 is 0.714 bits per heavy atom. The van der Waals surface area contributed by atoms with Crippen LogP contribution < -0.4 is 5.73 Å². The van der Waals surface area contributed by atoms with Crippen LogP contribution in [-0.2, 0) is 0 Å². The molecule has 0 aromatic carbocycles. The molecule has 0 heterocycles. The zero-order valence-corrected chi connectivity index (χ0v) is 9.43. The Morgan fingerprint density at radius 3 is 1.86 bits per heavy atom. The lowest BCUT2D eigenvalue weighted by Crippen LogP contribution is -1.96. The lowest BCUT2D eigenvalue weighted by molar-refractivity contribution is 0.563. The minimum Gasteiger partial charge on any atom is -0.402 e. The van der Waals surface area contributed by atoms with Crippen molar-refractivity contribution in [1.29, 1.82) is 0 Å². The van der Waals surface area contributed by atoms with Gasteiger partial charge in [0.15, 0.2) is 0 Å². The van der Waals surface area contributed by atoms with Gasteiger partial charge in [0, 0.05) is 5.70 Å². The van der Waals surface area contributed by atoms with Gasteiger partial charge in [-0.1, -0.05) is 51.0 Å². The van der Waals surface area contributed by atoms with Gasteiger partial charge in [-0.25, -0.2) is 0 Å². The van der Waals surface area contributed by atoms with Gasteiger partial charge >= 0.3 is 0 Å². The number of allylic oxidation sites excluding steroid dienone is 2. The first kappa shape index (κ1) is 11.6. The molecule has 1 heteroatoms. The summed E-state index contributed by atoms with van der Waals surface area (Å²) in [5.74, 6) is 0. The average Bonchev–Trinajstić information content (AvgIpc) is 2.20. The van der Waals surface area contributed by atoms with Crippen LogP contribution in [0.1, 0.15) is 70.6 Å². The molecule has 14 heavy (non-hydrogen) atoms. The van der Waals surface area contributed by atoms with Gasteiger partial charge in [0.05, 0.1) is 0 Å². The highest BCUT2D eigenvalue weighted by Crippen LogP contribution is 2.14. The Morgan fingerprint density at radius 2 is 1.21 bits per heavy atom. The lowest BCUT2D eigenvalue weighted by atomic mass is 10.1. The quantitative estimate of drug-likeness (QED) is 0.618. The van der Waals surface area contributed by atoms with E-state index in [4.69, 9.17) is 5.73 Å². The highest BCUT2D eigenvalue weighted by molar-refractivity contribution is 4.95. The van der Waals surface area contributed by atoms with Gasteiger partial charge in [-0.15, -0.1) is 0 Å². The lowest BCUT2D eigenvalue weighted by Gasteiger charge is -2.01. The number of nitrogens with two attached hydrogens (primary N) is 1. The van der Waals surface area contributed by atoms with E-state index < -0.39 is 0 Å². The van der Waals surface area contributed by atoms with Gasteiger partial charge < -0.3 is 5.73 Å². The summed E-state index contributed by atoms with van der Waals surface area (Å²) < 4.78 is 0. The van der Waals surface area contributed by atoms with Crippen molar-refractivity contribution < 1.29 is 0 Å². The Hall–Kier alpha value is -0.460. The number of rotatable bonds is 0. The summed E-state index contributed by atoms with van der Waals surface area (Å²) in [4.78, 5) is 0. The molecule has 0 radical (unpaired) electrons. The second-order valence-electron chi connectivity index (χ2n) is 4.50. The van der Waals surface area contributed by atoms with Crippen LogP contribution >= 0.6 is 0 Å². The van der Waals surface area contributed by atoms with E-state index in [-0.39, 0.29) is 0 Å². The Labute approximate surface area is 88.8 Å². The molecular formula is C13H25N. The Bertz CT molecular complexity index is 161. The van der Waals surface area contributed by atoms with E-state index in [1.165, 1.54) is 64.2 Å². The topological polar surface area (TPSA) is 26.0 Å². The molecule has 0 unspecified atom stereocenters. The average molecular weight is 195 g/mol. The van der Waals surface area contributed by atoms with Gasteiger partial charge in [0.2, 0.25) is 0 Å². The van der Waals surface area contributed by atoms with Crippen molar-refractivity contribution in [2.75, 3.05) is 0 Å². The number of hydrogen-bond acceptors (Lipinski definition) is 1. The van der Waals surface area contributed by atoms with Gasteiger partial charge in [-0.3, -0.25) is 0 Å². The summed E-state index contributed by atoms with van der Waals surface area (Å²) in [5, 5.41) is 0. The molecule has 82 valence electrons. The second kappa shape index (κ2) is 7.90. The summed E-state index contributed by atoms with van der Waals surface area (Å²) in [6.45, 7) is 0. The van der Waals surface area contributed by atoms with Gasteiger partial charge in [0.1, 0.15) is 0 Å². The van der Waals surface area contributed by atoms with Crippen molar-refractivity contribution in [2.45, 2.75) is 70.6 Å². The van der Waals surface area contributed by atoms with Crippen molar-refractivity contribution in [3.8, 4) is 0 Å². The van der Waals surface area contributed by atoms with Crippen LogP contribution in [0.3, 0.4) is 0 Å². The van der Waals surface area contributed by atoms with Crippen LogP contribution in [0.15, 0.2) is 11.8 Å². The van der Waals surface area contributed by atoms with E-state index in [9.17, 15) is 0 Å². The molecule has 0 aromatic rings. The Balaban J connectivity index is 2.21. The minimum atomic E-state index is 1.12. The molecule has 0 atom stereocenters. The van der Waals surface area contributed by atoms with Crippen molar-refractivity contribution in [3.63, 3.8) is 0 Å². The first-order chi connectivity index (χ1) is 6.89. The molecule has 0 amide bonds. The fourth-order valence-corrected chi connectivity index (χ4v) is 2.10. The zero-order chi connectivity index (χ0) is 10.1. The highest BCUT2D eigenvalue weighted by Gasteiger charge is 1.96. The molecule has 1 aliphatic carbocycles. The maximum absolute atomic E-state index is 5.91. The molecule has 1 rings (SSSR count). The van der Waals surface area contributed by atoms with Crippen LogP contribution in [0.5, 0.6) is 0 Å². The van der Waals surface area contributed by atoms with E-state index in [2.05, 4.69) is 6.08 Å². The largest absolute Gasteiger partial charge is 0.402 e. The van der Waals surface area contributed by atoms with Crippen molar-refractivity contribution in [2.24, 2.45) is 5.73 Å². The van der Waals surface area contributed by atoms with Crippen molar-refractivity contribution in [3.05, 3.63) is 11.8 Å². The maximum Gasteiger partial charge on any atom is 0.00399 e. The van der Waals surface area contributed by atoms with Gasteiger partial charge in [-0.2, -0.15) is 0 Å². The molecule has 2 N–H and O–H groups in total. The molecule has 1 aliphatic rings. The summed E-state index contributed by atoms with van der Waals surface area (Å²) in [6.07, 6.45) is 17.1. The van der Waals surface area contributed by atoms with Crippen LogP contribution in [0, 0.1) is 0 Å². The molecule has 0 saturated carbocycles. The predicted octanol–water partition coefficient (Wildman–Crippen LogP) is 4.13. The minimum absolute atomic E-state index is 1.12. The Kier molecular flexibility index (Phi) is 6.55. The molecule has 0 fully saturated rings. The molecular weight excluding hydrogens is 170 g/mol. The normalized spacial score (nSPS) is 26.4. The maximum atomic E-state index is 5.91. The van der Waals surface area contributed by atoms with Crippen molar-refractivity contribution in [1.82, 2.24) is 0 Å². The van der Waals surface area contributed by atoms with Crippen LogP contribution in [-0.4, -0.2) is 0 Å². The van der Waals surface area contributed by atoms with Crippen LogP contribution in [0.25, 0.3) is 0 Å². The van der Waals surface area contributed by atoms with Gasteiger partial charge in [0.25, 0.3) is 0 Å². The third-order valence-corrected chi connectivity index (χ3v) is 3.08. The predicted molar refractivity (Wildman–Crippen MR) is 63.1 cm³/mol. The van der Waals surface area contributed by atoms with E-state index in [0.717, 1.165) is 12.1 Å². The molecule has 1 nitrogen and oxygen atoms in total. The molecule has 0 bridgehead atoms. The van der Waals surface area contributed by atoms with Crippen LogP contribution in [0.2, 0.25) is 0 Å². The molecule has 0 saturated heterocycles. The zero-order valence-electron chi connectivity index (χ0n) is 9.43. The third-order valence-electron chi connectivity index (χ3n) is 3.08. The monoisotopic (exact) mass is 195 g/mol. The standard InChI is InChI=1S/C13H25N/c14-13-11-9-7-5-3-1-2-4-6-8-10-12-13/h11H,1-10,12,14H2/b13-11+. The molecule has 0 spiro atoms. The van der Waals surface area contributed by atoms with E-state index in [0.29, 0.717) is 0 Å². The highest BCUT2D eigenvalue weighted by atomic mass is 14.6. The fraction of sp³-hybridized carbons (Fsp3) is 0.846. The summed E-state index contributed by atoms with van der Waals surface area (Å²) in [5.41, 5.74) is 7.04. The number of hydrogen-bond donors (Lipinski definition) is 1. The van der Waals surface area contributed by atoms with E-state index >= 15 is 0 Å². The van der Waals surface area contributed by atoms with Gasteiger partial charge in [-0.05, 0) is 25.7 Å². The van der Waals surface area contributed by atoms with Crippen molar-refractivity contribution >= 4 is 0 Å². The third kappa shape index (κ3) is 6.06. The van der Waals surface area contributed by atoms with Crippen LogP contribution in [0.4, 0.5) is 0 Å². The summed E-state index contributed by atoms with van der Waals surface area (Å²) >= 11 is 0. The van der Waals surface area contributed by atoms with E-state index in [1.807, 2.05) is 0 Å². The smallest absolute Gasteiger partial charge is 0.00399 e. The fourth-order valence-electron chi connectivity index (χ4n) is 2.10.